The molecule has 1 aromatic heterocycles. The number of hydrogen-bond donors (Lipinski definition) is 0. The summed E-state index contributed by atoms with van der Waals surface area (Å²) in [6.45, 7) is 0. The first kappa shape index (κ1) is 10.2. The number of thiophene rings is 1. The van der Waals surface area contributed by atoms with Gasteiger partial charge in [-0.05, 0) is 34.7 Å². The highest BCUT2D eigenvalue weighted by Gasteiger charge is 2.08. The fourth-order valence-corrected chi connectivity index (χ4v) is 4.37. The minimum atomic E-state index is 0.606. The standard InChI is InChI=1S/C9H5BrClIS/c10-5-1-2-6-7(3-5)13-8(4-11)9(6)12/h1-3H,4H2. The summed E-state index contributed by atoms with van der Waals surface area (Å²) in [5, 5.41) is 1.31. The Kier molecular flexibility index (Phi) is 3.18. The van der Waals surface area contributed by atoms with E-state index in [4.69, 9.17) is 11.6 Å². The number of rotatable bonds is 1. The summed E-state index contributed by atoms with van der Waals surface area (Å²) in [5.74, 6) is 0.606. The van der Waals surface area contributed by atoms with Gasteiger partial charge in [0.1, 0.15) is 0 Å². The average Bonchev–Trinajstić information content (AvgIpc) is 2.42. The van der Waals surface area contributed by atoms with Gasteiger partial charge in [0.25, 0.3) is 0 Å². The van der Waals surface area contributed by atoms with Gasteiger partial charge in [0, 0.05) is 23.0 Å². The molecule has 0 aliphatic carbocycles. The van der Waals surface area contributed by atoms with Gasteiger partial charge in [0.2, 0.25) is 0 Å². The van der Waals surface area contributed by atoms with Crippen LogP contribution in [0.4, 0.5) is 0 Å². The number of benzene rings is 1. The highest BCUT2D eigenvalue weighted by atomic mass is 127. The molecule has 1 heterocycles. The molecule has 0 nitrogen and oxygen atoms in total. The van der Waals surface area contributed by atoms with Crippen LogP contribution in [0.1, 0.15) is 4.88 Å². The van der Waals surface area contributed by atoms with Crippen LogP contribution in [0.3, 0.4) is 0 Å². The molecule has 0 atom stereocenters. The van der Waals surface area contributed by atoms with E-state index >= 15 is 0 Å². The van der Waals surface area contributed by atoms with Gasteiger partial charge < -0.3 is 0 Å². The lowest BCUT2D eigenvalue weighted by Gasteiger charge is -1.91. The van der Waals surface area contributed by atoms with Crippen molar-refractivity contribution in [2.75, 3.05) is 0 Å². The van der Waals surface area contributed by atoms with Crippen molar-refractivity contribution >= 4 is 71.5 Å². The van der Waals surface area contributed by atoms with Crippen molar-refractivity contribution in [3.05, 3.63) is 31.1 Å². The summed E-state index contributed by atoms with van der Waals surface area (Å²) in [6, 6.07) is 6.33. The van der Waals surface area contributed by atoms with Gasteiger partial charge >= 0.3 is 0 Å². The summed E-state index contributed by atoms with van der Waals surface area (Å²) in [6.07, 6.45) is 0. The molecule has 0 aliphatic rings. The van der Waals surface area contributed by atoms with E-state index in [9.17, 15) is 0 Å². The number of alkyl halides is 1. The maximum atomic E-state index is 5.84. The van der Waals surface area contributed by atoms with Gasteiger partial charge in [-0.15, -0.1) is 22.9 Å². The van der Waals surface area contributed by atoms with Crippen LogP contribution in [0.25, 0.3) is 10.1 Å². The largest absolute Gasteiger partial charge is 0.138 e. The molecule has 0 unspecified atom stereocenters. The maximum absolute atomic E-state index is 5.84. The summed E-state index contributed by atoms with van der Waals surface area (Å²) < 4.78 is 3.72. The normalized spacial score (nSPS) is 11.0. The maximum Gasteiger partial charge on any atom is 0.0579 e. The van der Waals surface area contributed by atoms with E-state index in [0.717, 1.165) is 4.47 Å². The summed E-state index contributed by atoms with van der Waals surface area (Å²) in [7, 11) is 0. The minimum absolute atomic E-state index is 0.606. The minimum Gasteiger partial charge on any atom is -0.138 e. The van der Waals surface area contributed by atoms with Gasteiger partial charge in [0.15, 0.2) is 0 Å². The molecule has 2 rings (SSSR count). The smallest absolute Gasteiger partial charge is 0.0579 e. The Balaban J connectivity index is 2.76. The van der Waals surface area contributed by atoms with E-state index < -0.39 is 0 Å². The Hall–Kier alpha value is 0.680. The number of fused-ring (bicyclic) bond motifs is 1. The molecule has 4 heteroatoms. The summed E-state index contributed by atoms with van der Waals surface area (Å²) in [5.41, 5.74) is 0. The Morgan fingerprint density at radius 2 is 2.23 bits per heavy atom. The van der Waals surface area contributed by atoms with Gasteiger partial charge in [-0.2, -0.15) is 0 Å². The first-order valence-corrected chi connectivity index (χ1v) is 6.87. The second-order valence-electron chi connectivity index (χ2n) is 2.61. The summed E-state index contributed by atoms with van der Waals surface area (Å²) >= 11 is 13.4. The zero-order chi connectivity index (χ0) is 9.42. The molecule has 0 bridgehead atoms. The van der Waals surface area contributed by atoms with Crippen molar-refractivity contribution in [3.63, 3.8) is 0 Å². The SMILES string of the molecule is ClCc1sc2cc(Br)ccc2c1I. The van der Waals surface area contributed by atoms with E-state index in [1.807, 2.05) is 0 Å². The predicted molar refractivity (Wildman–Crippen MR) is 71.8 cm³/mol. The molecule has 0 fully saturated rings. The van der Waals surface area contributed by atoms with Crippen molar-refractivity contribution in [2.24, 2.45) is 0 Å². The fraction of sp³-hybridized carbons (Fsp3) is 0.111. The summed E-state index contributed by atoms with van der Waals surface area (Å²) in [4.78, 5) is 1.26. The van der Waals surface area contributed by atoms with Crippen LogP contribution >= 0.6 is 61.5 Å². The van der Waals surface area contributed by atoms with Crippen molar-refractivity contribution < 1.29 is 0 Å². The molecule has 13 heavy (non-hydrogen) atoms. The third-order valence-electron chi connectivity index (χ3n) is 1.78. The van der Waals surface area contributed by atoms with Crippen LogP contribution in [0, 0.1) is 3.57 Å². The second kappa shape index (κ2) is 4.04. The fourth-order valence-electron chi connectivity index (χ4n) is 1.18. The van der Waals surface area contributed by atoms with Crippen LogP contribution < -0.4 is 0 Å². The van der Waals surface area contributed by atoms with Crippen LogP contribution in [0.15, 0.2) is 22.7 Å². The average molecular weight is 387 g/mol. The Morgan fingerprint density at radius 3 is 2.92 bits per heavy atom. The Morgan fingerprint density at radius 1 is 1.46 bits per heavy atom. The molecule has 1 aromatic carbocycles. The first-order chi connectivity index (χ1) is 6.22. The van der Waals surface area contributed by atoms with Crippen molar-refractivity contribution in [3.8, 4) is 0 Å². The molecule has 0 amide bonds. The first-order valence-electron chi connectivity index (χ1n) is 3.65. The highest BCUT2D eigenvalue weighted by Crippen LogP contribution is 2.34. The zero-order valence-corrected chi connectivity index (χ0v) is 11.8. The molecule has 0 saturated heterocycles. The van der Waals surface area contributed by atoms with Gasteiger partial charge in [0.05, 0.1) is 5.88 Å². The molecule has 0 saturated carbocycles. The van der Waals surface area contributed by atoms with E-state index in [0.29, 0.717) is 5.88 Å². The van der Waals surface area contributed by atoms with Crippen molar-refractivity contribution in [1.29, 1.82) is 0 Å². The molecule has 0 N–H and O–H groups in total. The zero-order valence-electron chi connectivity index (χ0n) is 6.48. The van der Waals surface area contributed by atoms with Crippen molar-refractivity contribution in [2.45, 2.75) is 5.88 Å². The van der Waals surface area contributed by atoms with Gasteiger partial charge in [-0.25, -0.2) is 0 Å². The molecule has 68 valence electrons. The van der Waals surface area contributed by atoms with Crippen LogP contribution in [0.5, 0.6) is 0 Å². The molecule has 2 aromatic rings. The van der Waals surface area contributed by atoms with Crippen LogP contribution in [0.2, 0.25) is 0 Å². The predicted octanol–water partition coefficient (Wildman–Crippen LogP) is 5.01. The molecule has 0 radical (unpaired) electrons. The third kappa shape index (κ3) is 1.89. The van der Waals surface area contributed by atoms with Crippen molar-refractivity contribution in [1.82, 2.24) is 0 Å². The molecular formula is C9H5BrClIS. The number of halogens is 3. The van der Waals surface area contributed by atoms with Crippen LogP contribution in [-0.4, -0.2) is 0 Å². The highest BCUT2D eigenvalue weighted by molar-refractivity contribution is 14.1. The van der Waals surface area contributed by atoms with Crippen LogP contribution in [-0.2, 0) is 5.88 Å². The van der Waals surface area contributed by atoms with Gasteiger partial charge in [-0.1, -0.05) is 22.0 Å². The topological polar surface area (TPSA) is 0 Å². The molecule has 0 aliphatic heterocycles. The number of hydrogen-bond acceptors (Lipinski definition) is 1. The Labute approximate surface area is 108 Å². The van der Waals surface area contributed by atoms with E-state index in [1.54, 1.807) is 11.3 Å². The molecular weight excluding hydrogens is 382 g/mol. The quantitative estimate of drug-likeness (QED) is 0.477. The van der Waals surface area contributed by atoms with E-state index in [-0.39, 0.29) is 0 Å². The lowest BCUT2D eigenvalue weighted by molar-refractivity contribution is 1.51. The molecule has 0 spiro atoms. The second-order valence-corrected chi connectivity index (χ2v) is 6.01. The Bertz CT molecular complexity index is 452. The lowest BCUT2D eigenvalue weighted by atomic mass is 10.2. The van der Waals surface area contributed by atoms with E-state index in [2.05, 4.69) is 56.7 Å². The lowest BCUT2D eigenvalue weighted by Crippen LogP contribution is -1.72. The van der Waals surface area contributed by atoms with Gasteiger partial charge in [-0.3, -0.25) is 0 Å². The van der Waals surface area contributed by atoms with E-state index in [1.165, 1.54) is 18.5 Å². The third-order valence-corrected chi connectivity index (χ3v) is 5.45. The monoisotopic (exact) mass is 386 g/mol.